The summed E-state index contributed by atoms with van der Waals surface area (Å²) in [6.45, 7) is 0.348. The fourth-order valence-electron chi connectivity index (χ4n) is 2.39. The molecule has 0 saturated carbocycles. The molecule has 2 nitrogen and oxygen atoms in total. The van der Waals surface area contributed by atoms with Crippen LogP contribution in [-0.4, -0.2) is 10.9 Å². The van der Waals surface area contributed by atoms with Crippen molar-refractivity contribution >= 4 is 17.2 Å². The van der Waals surface area contributed by atoms with Gasteiger partial charge in [-0.15, -0.1) is 0 Å². The number of halogens is 2. The van der Waals surface area contributed by atoms with E-state index < -0.39 is 11.6 Å². The second-order valence-electron chi connectivity index (χ2n) is 4.62. The van der Waals surface area contributed by atoms with Crippen molar-refractivity contribution < 1.29 is 13.6 Å². The summed E-state index contributed by atoms with van der Waals surface area (Å²) < 4.78 is 28.2. The van der Waals surface area contributed by atoms with Gasteiger partial charge in [0.2, 0.25) is 0 Å². The Morgan fingerprint density at radius 2 is 1.80 bits per heavy atom. The highest BCUT2D eigenvalue weighted by molar-refractivity contribution is 5.97. The molecular formula is C16H11F2NO. The average molecular weight is 271 g/mol. The minimum absolute atomic E-state index is 0.348. The van der Waals surface area contributed by atoms with Gasteiger partial charge in [-0.2, -0.15) is 0 Å². The molecule has 0 spiro atoms. The number of carbonyl (C=O) groups excluding carboxylic acids is 1. The molecule has 3 rings (SSSR count). The van der Waals surface area contributed by atoms with Crippen LogP contribution in [0.15, 0.2) is 48.7 Å². The van der Waals surface area contributed by atoms with Crippen LogP contribution in [-0.2, 0) is 6.54 Å². The van der Waals surface area contributed by atoms with E-state index in [9.17, 15) is 13.6 Å². The molecule has 0 atom stereocenters. The van der Waals surface area contributed by atoms with E-state index in [0.717, 1.165) is 23.3 Å². The van der Waals surface area contributed by atoms with Crippen molar-refractivity contribution in [3.05, 3.63) is 71.4 Å². The molecule has 0 fully saturated rings. The maximum Gasteiger partial charge on any atom is 0.150 e. The maximum atomic E-state index is 13.2. The van der Waals surface area contributed by atoms with Gasteiger partial charge in [-0.05, 0) is 29.8 Å². The van der Waals surface area contributed by atoms with Gasteiger partial charge in [-0.1, -0.05) is 12.1 Å². The Hall–Kier alpha value is -2.49. The van der Waals surface area contributed by atoms with E-state index in [1.165, 1.54) is 12.1 Å². The van der Waals surface area contributed by atoms with Crippen LogP contribution in [0.3, 0.4) is 0 Å². The predicted molar refractivity (Wildman–Crippen MR) is 72.8 cm³/mol. The van der Waals surface area contributed by atoms with Gasteiger partial charge in [0.25, 0.3) is 0 Å². The third-order valence-corrected chi connectivity index (χ3v) is 3.25. The molecule has 0 aliphatic carbocycles. The molecule has 1 heterocycles. The van der Waals surface area contributed by atoms with Crippen molar-refractivity contribution in [2.45, 2.75) is 6.54 Å². The highest BCUT2D eigenvalue weighted by Crippen LogP contribution is 2.20. The molecule has 0 radical (unpaired) electrons. The summed E-state index contributed by atoms with van der Waals surface area (Å²) in [5.41, 5.74) is 2.00. The highest BCUT2D eigenvalue weighted by Gasteiger charge is 2.07. The first kappa shape index (κ1) is 12.5. The van der Waals surface area contributed by atoms with E-state index >= 15 is 0 Å². The third-order valence-electron chi connectivity index (χ3n) is 3.25. The van der Waals surface area contributed by atoms with Crippen LogP contribution >= 0.6 is 0 Å². The van der Waals surface area contributed by atoms with E-state index in [0.29, 0.717) is 17.7 Å². The Bertz CT molecular complexity index is 772. The molecular weight excluding hydrogens is 260 g/mol. The fraction of sp³-hybridized carbons (Fsp3) is 0.0625. The Balaban J connectivity index is 2.05. The van der Waals surface area contributed by atoms with Crippen molar-refractivity contribution in [1.29, 1.82) is 0 Å². The van der Waals surface area contributed by atoms with E-state index in [4.69, 9.17) is 0 Å². The average Bonchev–Trinajstić information content (AvgIpc) is 2.81. The molecule has 20 heavy (non-hydrogen) atoms. The van der Waals surface area contributed by atoms with E-state index in [1.807, 2.05) is 16.7 Å². The lowest BCUT2D eigenvalue weighted by atomic mass is 10.1. The van der Waals surface area contributed by atoms with Crippen molar-refractivity contribution in [1.82, 2.24) is 4.57 Å². The summed E-state index contributed by atoms with van der Waals surface area (Å²) in [7, 11) is 0. The molecule has 4 heteroatoms. The zero-order chi connectivity index (χ0) is 14.1. The molecule has 0 aliphatic rings. The minimum Gasteiger partial charge on any atom is -0.343 e. The maximum absolute atomic E-state index is 13.2. The normalized spacial score (nSPS) is 10.9. The van der Waals surface area contributed by atoms with Crippen LogP contribution in [0.5, 0.6) is 0 Å². The van der Waals surface area contributed by atoms with Gasteiger partial charge in [-0.3, -0.25) is 4.79 Å². The molecule has 0 amide bonds. The first-order chi connectivity index (χ1) is 9.67. The van der Waals surface area contributed by atoms with Crippen LogP contribution < -0.4 is 0 Å². The molecule has 100 valence electrons. The quantitative estimate of drug-likeness (QED) is 0.664. The van der Waals surface area contributed by atoms with Gasteiger partial charge in [0.15, 0.2) is 6.29 Å². The van der Waals surface area contributed by atoms with Gasteiger partial charge in [0, 0.05) is 35.3 Å². The van der Waals surface area contributed by atoms with Crippen LogP contribution in [0.1, 0.15) is 15.9 Å². The largest absolute Gasteiger partial charge is 0.343 e. The number of benzene rings is 2. The molecule has 3 aromatic rings. The number of aromatic nitrogens is 1. The number of aldehydes is 1. The summed E-state index contributed by atoms with van der Waals surface area (Å²) in [5, 5.41) is 0.833. The lowest BCUT2D eigenvalue weighted by Crippen LogP contribution is -1.99. The van der Waals surface area contributed by atoms with Crippen molar-refractivity contribution in [3.63, 3.8) is 0 Å². The molecule has 0 unspecified atom stereocenters. The van der Waals surface area contributed by atoms with E-state index in [1.54, 1.807) is 18.3 Å². The van der Waals surface area contributed by atoms with Gasteiger partial charge < -0.3 is 4.57 Å². The number of hydrogen-bond acceptors (Lipinski definition) is 1. The summed E-state index contributed by atoms with van der Waals surface area (Å²) in [5.74, 6) is -1.19. The highest BCUT2D eigenvalue weighted by atomic mass is 19.1. The zero-order valence-corrected chi connectivity index (χ0v) is 10.5. The number of hydrogen-bond donors (Lipinski definition) is 0. The van der Waals surface area contributed by atoms with Gasteiger partial charge in [0.05, 0.1) is 0 Å². The monoisotopic (exact) mass is 271 g/mol. The Morgan fingerprint density at radius 3 is 2.50 bits per heavy atom. The Labute approximate surface area is 114 Å². The van der Waals surface area contributed by atoms with Crippen molar-refractivity contribution in [3.8, 4) is 0 Å². The number of rotatable bonds is 3. The zero-order valence-electron chi connectivity index (χ0n) is 10.5. The lowest BCUT2D eigenvalue weighted by molar-refractivity contribution is 0.112. The van der Waals surface area contributed by atoms with Gasteiger partial charge in [0.1, 0.15) is 11.6 Å². The second-order valence-corrected chi connectivity index (χ2v) is 4.62. The molecule has 0 aliphatic heterocycles. The van der Waals surface area contributed by atoms with Gasteiger partial charge in [-0.25, -0.2) is 8.78 Å². The molecule has 0 bridgehead atoms. The topological polar surface area (TPSA) is 22.0 Å². The molecule has 0 saturated heterocycles. The first-order valence-corrected chi connectivity index (χ1v) is 6.15. The van der Waals surface area contributed by atoms with E-state index in [2.05, 4.69) is 0 Å². The SMILES string of the molecule is O=Cc1cccc2c1ccn2Cc1cc(F)cc(F)c1. The smallest absolute Gasteiger partial charge is 0.150 e. The third kappa shape index (κ3) is 2.20. The lowest BCUT2D eigenvalue weighted by Gasteiger charge is -2.06. The number of carbonyl (C=O) groups is 1. The van der Waals surface area contributed by atoms with Gasteiger partial charge >= 0.3 is 0 Å². The van der Waals surface area contributed by atoms with Crippen LogP contribution in [0.25, 0.3) is 10.9 Å². The summed E-state index contributed by atoms with van der Waals surface area (Å²) in [6.07, 6.45) is 2.61. The van der Waals surface area contributed by atoms with Crippen LogP contribution in [0, 0.1) is 11.6 Å². The molecule has 0 N–H and O–H groups in total. The standard InChI is InChI=1S/C16H11F2NO/c17-13-6-11(7-14(18)8-13)9-19-5-4-15-12(10-20)2-1-3-16(15)19/h1-8,10H,9H2. The predicted octanol–water partition coefficient (Wildman–Crippen LogP) is 3.78. The summed E-state index contributed by atoms with van der Waals surface area (Å²) in [6, 6.07) is 10.7. The van der Waals surface area contributed by atoms with Crippen LogP contribution in [0.4, 0.5) is 8.78 Å². The van der Waals surface area contributed by atoms with Crippen molar-refractivity contribution in [2.24, 2.45) is 0 Å². The molecule has 1 aromatic heterocycles. The van der Waals surface area contributed by atoms with E-state index in [-0.39, 0.29) is 0 Å². The number of nitrogens with zero attached hydrogens (tertiary/aromatic N) is 1. The minimum atomic E-state index is -0.593. The Morgan fingerprint density at radius 1 is 1.05 bits per heavy atom. The summed E-state index contributed by atoms with van der Waals surface area (Å²) in [4.78, 5) is 11.0. The van der Waals surface area contributed by atoms with Crippen LogP contribution in [0.2, 0.25) is 0 Å². The molecule has 2 aromatic carbocycles. The Kier molecular flexibility index (Phi) is 3.06. The second kappa shape index (κ2) is 4.89. The fourth-order valence-corrected chi connectivity index (χ4v) is 2.39. The first-order valence-electron chi connectivity index (χ1n) is 6.15. The number of fused-ring (bicyclic) bond motifs is 1. The summed E-state index contributed by atoms with van der Waals surface area (Å²) >= 11 is 0. The van der Waals surface area contributed by atoms with Crippen molar-refractivity contribution in [2.75, 3.05) is 0 Å².